The fourth-order valence-corrected chi connectivity index (χ4v) is 2.94. The van der Waals surface area contributed by atoms with Crippen LogP contribution in [0.3, 0.4) is 0 Å². The lowest BCUT2D eigenvalue weighted by molar-refractivity contribution is 0.201. The first kappa shape index (κ1) is 13.0. The molecule has 1 amide bonds. The Bertz CT molecular complexity index is 573. The van der Waals surface area contributed by atoms with Crippen LogP contribution < -0.4 is 4.90 Å². The van der Waals surface area contributed by atoms with Gasteiger partial charge in [-0.25, -0.2) is 9.18 Å². The number of carboxylic acid groups (broad SMARTS) is 1. The summed E-state index contributed by atoms with van der Waals surface area (Å²) in [7, 11) is 0. The zero-order chi connectivity index (χ0) is 13.1. The van der Waals surface area contributed by atoms with E-state index in [0.717, 1.165) is 14.2 Å². The zero-order valence-electron chi connectivity index (χ0n) is 9.14. The first-order chi connectivity index (χ1) is 8.56. The van der Waals surface area contributed by atoms with Gasteiger partial charge in [-0.2, -0.15) is 0 Å². The van der Waals surface area contributed by atoms with E-state index in [1.54, 1.807) is 6.07 Å². The van der Waals surface area contributed by atoms with Gasteiger partial charge >= 0.3 is 6.09 Å². The van der Waals surface area contributed by atoms with Crippen molar-refractivity contribution in [2.75, 3.05) is 4.90 Å². The normalized spacial score (nSPS) is 10.3. The van der Waals surface area contributed by atoms with Gasteiger partial charge < -0.3 is 5.11 Å². The van der Waals surface area contributed by atoms with Gasteiger partial charge in [0.1, 0.15) is 5.82 Å². The molecule has 1 aromatic carbocycles. The molecule has 18 heavy (non-hydrogen) atoms. The van der Waals surface area contributed by atoms with Gasteiger partial charge in [-0.15, -0.1) is 11.3 Å². The van der Waals surface area contributed by atoms with Crippen molar-refractivity contribution in [1.29, 1.82) is 0 Å². The van der Waals surface area contributed by atoms with Crippen molar-refractivity contribution in [3.05, 3.63) is 50.9 Å². The number of nitrogens with zero attached hydrogens (tertiary/aromatic N) is 1. The van der Waals surface area contributed by atoms with E-state index in [0.29, 0.717) is 5.69 Å². The van der Waals surface area contributed by atoms with Crippen LogP contribution >= 0.6 is 27.3 Å². The third-order valence-corrected chi connectivity index (χ3v) is 3.97. The summed E-state index contributed by atoms with van der Waals surface area (Å²) in [5.41, 5.74) is 0.326. The largest absolute Gasteiger partial charge is 0.465 e. The van der Waals surface area contributed by atoms with Crippen molar-refractivity contribution >= 4 is 39.0 Å². The second-order valence-corrected chi connectivity index (χ2v) is 5.49. The summed E-state index contributed by atoms with van der Waals surface area (Å²) in [5, 5.41) is 11.1. The molecule has 2 rings (SSSR count). The lowest BCUT2D eigenvalue weighted by atomic mass is 10.3. The van der Waals surface area contributed by atoms with Crippen molar-refractivity contribution < 1.29 is 14.3 Å². The Balaban J connectivity index is 2.26. The molecule has 0 bridgehead atoms. The van der Waals surface area contributed by atoms with E-state index in [4.69, 9.17) is 0 Å². The number of carbonyl (C=O) groups is 1. The minimum Gasteiger partial charge on any atom is -0.465 e. The van der Waals surface area contributed by atoms with E-state index < -0.39 is 11.9 Å². The second-order valence-electron chi connectivity index (χ2n) is 3.58. The van der Waals surface area contributed by atoms with Gasteiger partial charge in [-0.1, -0.05) is 6.07 Å². The molecule has 0 fully saturated rings. The standard InChI is InChI=1S/C12H9BrFNO2S/c13-8-4-11(18-7-8)6-15(12(16)17)10-3-1-2-9(14)5-10/h1-5,7H,6H2,(H,16,17). The van der Waals surface area contributed by atoms with Crippen LogP contribution in [0.1, 0.15) is 4.88 Å². The first-order valence-electron chi connectivity index (χ1n) is 5.05. The maximum absolute atomic E-state index is 13.1. The molecule has 0 spiro atoms. The highest BCUT2D eigenvalue weighted by Crippen LogP contribution is 2.24. The van der Waals surface area contributed by atoms with Gasteiger partial charge in [0.05, 0.1) is 12.2 Å². The third kappa shape index (κ3) is 3.08. The van der Waals surface area contributed by atoms with Crippen LogP contribution in [0.25, 0.3) is 0 Å². The minimum absolute atomic E-state index is 0.203. The quantitative estimate of drug-likeness (QED) is 0.910. The van der Waals surface area contributed by atoms with Gasteiger partial charge in [-0.3, -0.25) is 4.90 Å². The first-order valence-corrected chi connectivity index (χ1v) is 6.72. The number of benzene rings is 1. The highest BCUT2D eigenvalue weighted by molar-refractivity contribution is 9.10. The van der Waals surface area contributed by atoms with Crippen molar-refractivity contribution in [2.45, 2.75) is 6.54 Å². The van der Waals surface area contributed by atoms with Crippen molar-refractivity contribution in [3.8, 4) is 0 Å². The lowest BCUT2D eigenvalue weighted by Crippen LogP contribution is -2.28. The van der Waals surface area contributed by atoms with Gasteiger partial charge in [0, 0.05) is 14.7 Å². The van der Waals surface area contributed by atoms with Crippen molar-refractivity contribution in [3.63, 3.8) is 0 Å². The Labute approximate surface area is 116 Å². The van der Waals surface area contributed by atoms with Crippen molar-refractivity contribution in [1.82, 2.24) is 0 Å². The Hall–Kier alpha value is -1.40. The Morgan fingerprint density at radius 3 is 2.78 bits per heavy atom. The Kier molecular flexibility index (Phi) is 3.98. The highest BCUT2D eigenvalue weighted by atomic mass is 79.9. The maximum atomic E-state index is 13.1. The number of hydrogen-bond acceptors (Lipinski definition) is 2. The average molecular weight is 330 g/mol. The highest BCUT2D eigenvalue weighted by Gasteiger charge is 2.16. The molecule has 0 atom stereocenters. The van der Waals surface area contributed by atoms with E-state index >= 15 is 0 Å². The average Bonchev–Trinajstić information content (AvgIpc) is 2.71. The van der Waals surface area contributed by atoms with Crippen LogP contribution in [0.5, 0.6) is 0 Å². The fourth-order valence-electron chi connectivity index (χ4n) is 1.51. The van der Waals surface area contributed by atoms with Crippen LogP contribution in [-0.4, -0.2) is 11.2 Å². The summed E-state index contributed by atoms with van der Waals surface area (Å²) in [6, 6.07) is 7.40. The van der Waals surface area contributed by atoms with Crippen LogP contribution in [0.2, 0.25) is 0 Å². The number of halogens is 2. The molecule has 0 unspecified atom stereocenters. The smallest absolute Gasteiger partial charge is 0.412 e. The van der Waals surface area contributed by atoms with E-state index in [1.807, 2.05) is 11.4 Å². The number of amides is 1. The van der Waals surface area contributed by atoms with E-state index in [1.165, 1.54) is 29.5 Å². The minimum atomic E-state index is -1.11. The monoisotopic (exact) mass is 329 g/mol. The molecule has 0 aliphatic rings. The van der Waals surface area contributed by atoms with Gasteiger partial charge in [0.15, 0.2) is 0 Å². The molecule has 0 aliphatic heterocycles. The fraction of sp³-hybridized carbons (Fsp3) is 0.0833. The predicted octanol–water partition coefficient (Wildman–Crippen LogP) is 4.33. The topological polar surface area (TPSA) is 40.5 Å². The molecule has 0 saturated carbocycles. The number of hydrogen-bond donors (Lipinski definition) is 1. The lowest BCUT2D eigenvalue weighted by Gasteiger charge is -2.18. The zero-order valence-corrected chi connectivity index (χ0v) is 11.5. The maximum Gasteiger partial charge on any atom is 0.412 e. The van der Waals surface area contributed by atoms with E-state index in [9.17, 15) is 14.3 Å². The molecule has 3 nitrogen and oxygen atoms in total. The molecule has 6 heteroatoms. The predicted molar refractivity (Wildman–Crippen MR) is 72.6 cm³/mol. The molecule has 1 aromatic heterocycles. The SMILES string of the molecule is O=C(O)N(Cc1cc(Br)cs1)c1cccc(F)c1. The molecule has 94 valence electrons. The molecule has 1 N–H and O–H groups in total. The Morgan fingerprint density at radius 1 is 1.44 bits per heavy atom. The summed E-state index contributed by atoms with van der Waals surface area (Å²) in [5.74, 6) is -0.453. The Morgan fingerprint density at radius 2 is 2.22 bits per heavy atom. The number of rotatable bonds is 3. The molecular formula is C12H9BrFNO2S. The third-order valence-electron chi connectivity index (χ3n) is 2.29. The van der Waals surface area contributed by atoms with E-state index in [-0.39, 0.29) is 6.54 Å². The molecular weight excluding hydrogens is 321 g/mol. The molecule has 0 radical (unpaired) electrons. The van der Waals surface area contributed by atoms with Crippen molar-refractivity contribution in [2.24, 2.45) is 0 Å². The molecule has 0 saturated heterocycles. The number of thiophene rings is 1. The summed E-state index contributed by atoms with van der Waals surface area (Å²) >= 11 is 4.76. The number of anilines is 1. The summed E-state index contributed by atoms with van der Waals surface area (Å²) in [4.78, 5) is 13.2. The molecule has 1 heterocycles. The summed E-state index contributed by atoms with van der Waals surface area (Å²) in [6.45, 7) is 0.203. The molecule has 0 aliphatic carbocycles. The van der Waals surface area contributed by atoms with Crippen LogP contribution in [0, 0.1) is 5.82 Å². The summed E-state index contributed by atoms with van der Waals surface area (Å²) < 4.78 is 14.0. The molecule has 2 aromatic rings. The van der Waals surface area contributed by atoms with Gasteiger partial charge in [0.25, 0.3) is 0 Å². The summed E-state index contributed by atoms with van der Waals surface area (Å²) in [6.07, 6.45) is -1.11. The second kappa shape index (κ2) is 5.49. The van der Waals surface area contributed by atoms with Gasteiger partial charge in [-0.05, 0) is 40.2 Å². The van der Waals surface area contributed by atoms with Crippen LogP contribution in [-0.2, 0) is 6.54 Å². The van der Waals surface area contributed by atoms with Crippen LogP contribution in [0.15, 0.2) is 40.2 Å². The van der Waals surface area contributed by atoms with Gasteiger partial charge in [0.2, 0.25) is 0 Å². The van der Waals surface area contributed by atoms with Crippen LogP contribution in [0.4, 0.5) is 14.9 Å². The van der Waals surface area contributed by atoms with E-state index in [2.05, 4.69) is 15.9 Å².